The maximum absolute atomic E-state index is 14.1. The van der Waals surface area contributed by atoms with Gasteiger partial charge in [0, 0.05) is 24.2 Å². The van der Waals surface area contributed by atoms with Crippen LogP contribution in [0, 0.1) is 5.92 Å². The number of aliphatic hydroxyl groups is 1. The lowest BCUT2D eigenvalue weighted by Gasteiger charge is -2.25. The first-order valence-electron chi connectivity index (χ1n) is 10.9. The van der Waals surface area contributed by atoms with E-state index in [1.54, 1.807) is 0 Å². The van der Waals surface area contributed by atoms with Gasteiger partial charge in [0.2, 0.25) is 5.91 Å². The Morgan fingerprint density at radius 3 is 2.35 bits per heavy atom. The molecule has 0 radical (unpaired) electrons. The fraction of sp³-hybridized carbons (Fsp3) is 0.480. The number of nitrogen functional groups attached to an aromatic ring is 1. The van der Waals surface area contributed by atoms with Crippen molar-refractivity contribution in [3.8, 4) is 0 Å². The van der Waals surface area contributed by atoms with E-state index in [-0.39, 0.29) is 18.7 Å². The van der Waals surface area contributed by atoms with E-state index in [1.165, 1.54) is 13.8 Å². The molecule has 0 unspecified atom stereocenters. The molecule has 6 heteroatoms. The van der Waals surface area contributed by atoms with Crippen molar-refractivity contribution in [3.63, 3.8) is 0 Å². The standard InChI is InChI=1S/C25H36FN3O2/c1-25(2,26)14-12-20(17-23(30)22(28)16-19-6-4-3-5-7-19)24(31)29-15-13-18-8-10-21(27)11-9-18/h3-11,20,22-23,30H,12-17,27-28H2,1-2H3,(H,29,31)/t20-,22+,23+/m1/s1. The van der Waals surface area contributed by atoms with Crippen LogP contribution in [0.25, 0.3) is 0 Å². The van der Waals surface area contributed by atoms with Gasteiger partial charge >= 0.3 is 0 Å². The summed E-state index contributed by atoms with van der Waals surface area (Å²) in [5, 5.41) is 13.6. The van der Waals surface area contributed by atoms with Crippen molar-refractivity contribution >= 4 is 11.6 Å². The molecule has 0 bridgehead atoms. The summed E-state index contributed by atoms with van der Waals surface area (Å²) in [4.78, 5) is 12.8. The Bertz CT molecular complexity index is 791. The second kappa shape index (κ2) is 11.8. The molecule has 0 aliphatic heterocycles. The summed E-state index contributed by atoms with van der Waals surface area (Å²) < 4.78 is 14.1. The molecule has 2 aromatic rings. The van der Waals surface area contributed by atoms with Gasteiger partial charge in [0.1, 0.15) is 5.67 Å². The minimum Gasteiger partial charge on any atom is -0.399 e. The third kappa shape index (κ3) is 9.49. The number of anilines is 1. The minimum atomic E-state index is -1.38. The van der Waals surface area contributed by atoms with Crippen LogP contribution in [-0.2, 0) is 17.6 Å². The number of halogens is 1. The smallest absolute Gasteiger partial charge is 0.223 e. The van der Waals surface area contributed by atoms with Gasteiger partial charge in [0.25, 0.3) is 0 Å². The second-order valence-electron chi connectivity index (χ2n) is 8.89. The Kier molecular flexibility index (Phi) is 9.46. The highest BCUT2D eigenvalue weighted by Gasteiger charge is 2.28. The first-order valence-corrected chi connectivity index (χ1v) is 10.9. The Hall–Kier alpha value is -2.44. The van der Waals surface area contributed by atoms with Crippen LogP contribution >= 0.6 is 0 Å². The number of rotatable bonds is 12. The van der Waals surface area contributed by atoms with E-state index >= 15 is 0 Å². The van der Waals surface area contributed by atoms with Crippen LogP contribution in [0.3, 0.4) is 0 Å². The molecule has 0 heterocycles. The fourth-order valence-corrected chi connectivity index (χ4v) is 3.52. The van der Waals surface area contributed by atoms with Crippen LogP contribution in [0.1, 0.15) is 44.2 Å². The van der Waals surface area contributed by atoms with Crippen LogP contribution in [0.5, 0.6) is 0 Å². The zero-order valence-corrected chi connectivity index (χ0v) is 18.6. The van der Waals surface area contributed by atoms with Crippen molar-refractivity contribution in [2.75, 3.05) is 12.3 Å². The number of hydrogen-bond acceptors (Lipinski definition) is 4. The van der Waals surface area contributed by atoms with Gasteiger partial charge in [-0.3, -0.25) is 4.79 Å². The molecular weight excluding hydrogens is 393 g/mol. The SMILES string of the molecule is CC(C)(F)CC[C@H](C[C@H](O)[C@@H](N)Cc1ccccc1)C(=O)NCCc1ccc(N)cc1. The summed E-state index contributed by atoms with van der Waals surface area (Å²) in [6.07, 6.45) is 1.13. The maximum atomic E-state index is 14.1. The highest BCUT2D eigenvalue weighted by molar-refractivity contribution is 5.78. The average Bonchev–Trinajstić information content (AvgIpc) is 2.72. The van der Waals surface area contributed by atoms with Crippen molar-refractivity contribution in [2.24, 2.45) is 11.7 Å². The monoisotopic (exact) mass is 429 g/mol. The number of nitrogens with two attached hydrogens (primary N) is 2. The third-order valence-electron chi connectivity index (χ3n) is 5.49. The topological polar surface area (TPSA) is 101 Å². The quantitative estimate of drug-likeness (QED) is 0.389. The van der Waals surface area contributed by atoms with E-state index in [4.69, 9.17) is 11.5 Å². The molecule has 3 atom stereocenters. The van der Waals surface area contributed by atoms with Gasteiger partial charge < -0.3 is 21.9 Å². The lowest BCUT2D eigenvalue weighted by atomic mass is 9.88. The number of amides is 1. The number of hydrogen-bond donors (Lipinski definition) is 4. The summed E-state index contributed by atoms with van der Waals surface area (Å²) in [6, 6.07) is 16.7. The molecular formula is C25H36FN3O2. The van der Waals surface area contributed by atoms with E-state index in [9.17, 15) is 14.3 Å². The summed E-state index contributed by atoms with van der Waals surface area (Å²) >= 11 is 0. The molecule has 170 valence electrons. The van der Waals surface area contributed by atoms with Gasteiger partial charge in [-0.15, -0.1) is 0 Å². The molecule has 0 spiro atoms. The molecule has 0 aliphatic rings. The predicted molar refractivity (Wildman–Crippen MR) is 124 cm³/mol. The molecule has 0 saturated carbocycles. The van der Waals surface area contributed by atoms with Gasteiger partial charge in [-0.05, 0) is 69.2 Å². The number of benzene rings is 2. The molecule has 0 aliphatic carbocycles. The van der Waals surface area contributed by atoms with Crippen LogP contribution in [0.4, 0.5) is 10.1 Å². The number of nitrogens with one attached hydrogen (secondary N) is 1. The molecule has 0 fully saturated rings. The van der Waals surface area contributed by atoms with Crippen molar-refractivity contribution in [1.29, 1.82) is 0 Å². The summed E-state index contributed by atoms with van der Waals surface area (Å²) in [5.41, 5.74) is 13.3. The van der Waals surface area contributed by atoms with E-state index < -0.39 is 23.7 Å². The zero-order valence-electron chi connectivity index (χ0n) is 18.6. The Balaban J connectivity index is 1.92. The van der Waals surface area contributed by atoms with Gasteiger partial charge in [-0.1, -0.05) is 42.5 Å². The minimum absolute atomic E-state index is 0.175. The van der Waals surface area contributed by atoms with Crippen molar-refractivity contribution in [3.05, 3.63) is 65.7 Å². The van der Waals surface area contributed by atoms with Crippen molar-refractivity contribution in [1.82, 2.24) is 5.32 Å². The Morgan fingerprint density at radius 1 is 1.10 bits per heavy atom. The molecule has 5 nitrogen and oxygen atoms in total. The highest BCUT2D eigenvalue weighted by Crippen LogP contribution is 2.24. The largest absolute Gasteiger partial charge is 0.399 e. The van der Waals surface area contributed by atoms with Crippen molar-refractivity contribution in [2.45, 2.75) is 63.8 Å². The van der Waals surface area contributed by atoms with Crippen LogP contribution in [0.15, 0.2) is 54.6 Å². The number of carbonyl (C=O) groups is 1. The predicted octanol–water partition coefficient (Wildman–Crippen LogP) is 3.39. The number of alkyl halides is 1. The normalized spacial score (nSPS) is 14.6. The maximum Gasteiger partial charge on any atom is 0.223 e. The first kappa shape index (κ1) is 24.8. The van der Waals surface area contributed by atoms with Crippen LogP contribution in [-0.4, -0.2) is 35.4 Å². The Morgan fingerprint density at radius 2 is 1.74 bits per heavy atom. The summed E-state index contributed by atoms with van der Waals surface area (Å²) in [5.74, 6) is -0.677. The van der Waals surface area contributed by atoms with Gasteiger partial charge in [-0.2, -0.15) is 0 Å². The van der Waals surface area contributed by atoms with Gasteiger partial charge in [0.05, 0.1) is 6.10 Å². The lowest BCUT2D eigenvalue weighted by molar-refractivity contribution is -0.126. The molecule has 2 rings (SSSR count). The van der Waals surface area contributed by atoms with E-state index in [1.807, 2.05) is 54.6 Å². The molecule has 0 aromatic heterocycles. The van der Waals surface area contributed by atoms with Crippen LogP contribution in [0.2, 0.25) is 0 Å². The highest BCUT2D eigenvalue weighted by atomic mass is 19.1. The molecule has 2 aromatic carbocycles. The molecule has 31 heavy (non-hydrogen) atoms. The van der Waals surface area contributed by atoms with E-state index in [0.29, 0.717) is 31.5 Å². The molecule has 0 saturated heterocycles. The number of carbonyl (C=O) groups excluding carboxylic acids is 1. The summed E-state index contributed by atoms with van der Waals surface area (Å²) in [6.45, 7) is 3.46. The van der Waals surface area contributed by atoms with Gasteiger partial charge in [0.15, 0.2) is 0 Å². The second-order valence-corrected chi connectivity index (χ2v) is 8.89. The van der Waals surface area contributed by atoms with E-state index in [2.05, 4.69) is 5.32 Å². The van der Waals surface area contributed by atoms with Crippen LogP contribution < -0.4 is 16.8 Å². The number of aliphatic hydroxyl groups excluding tert-OH is 1. The molecule has 6 N–H and O–H groups in total. The van der Waals surface area contributed by atoms with Crippen molar-refractivity contribution < 1.29 is 14.3 Å². The Labute approximate surface area is 185 Å². The van der Waals surface area contributed by atoms with E-state index in [0.717, 1.165) is 11.1 Å². The lowest BCUT2D eigenvalue weighted by Crippen LogP contribution is -2.41. The molecule has 1 amide bonds. The zero-order chi connectivity index (χ0) is 22.9. The van der Waals surface area contributed by atoms with Gasteiger partial charge in [-0.25, -0.2) is 4.39 Å². The first-order chi connectivity index (χ1) is 14.6. The average molecular weight is 430 g/mol. The third-order valence-corrected chi connectivity index (χ3v) is 5.49. The fourth-order valence-electron chi connectivity index (χ4n) is 3.52. The summed E-state index contributed by atoms with van der Waals surface area (Å²) in [7, 11) is 0.